The number of esters is 1. The number of Topliss-reactive ketones (excluding diaryl/α,β-unsaturated/α-hetero) is 1. The van der Waals surface area contributed by atoms with Crippen LogP contribution in [-0.4, -0.2) is 58.9 Å². The third kappa shape index (κ3) is 5.08. The van der Waals surface area contributed by atoms with Gasteiger partial charge in [0.1, 0.15) is 18.8 Å². The minimum Gasteiger partial charge on any atom is -0.465 e. The third-order valence-electron chi connectivity index (χ3n) is 6.17. The zero-order valence-electron chi connectivity index (χ0n) is 19.5. The molecular formula is C26H26FN3O5. The smallest absolute Gasteiger partial charge is 0.337 e. The minimum absolute atomic E-state index is 0.0695. The number of nitrogens with one attached hydrogen (secondary N) is 1. The van der Waals surface area contributed by atoms with Crippen molar-refractivity contribution in [3.63, 3.8) is 0 Å². The Hall–Kier alpha value is -4.01. The molecule has 0 aliphatic carbocycles. The van der Waals surface area contributed by atoms with Crippen molar-refractivity contribution in [3.05, 3.63) is 71.4 Å². The molecule has 0 spiro atoms. The maximum Gasteiger partial charge on any atom is 0.337 e. The standard InChI is InChI=1S/C26H26FN3O5/c1-16(31)21-14-29(22-9-8-18(10-20(21)22)26(34)35-2)15-24(32)30-13-19(27)11-23(30)25(33)28-12-17-6-4-3-5-7-17/h3-10,14,19,23H,11-13,15H2,1-2H3,(H,28,33)/t19-,23+/m1/s1. The molecule has 1 N–H and O–H groups in total. The molecular weight excluding hydrogens is 453 g/mol. The maximum absolute atomic E-state index is 14.3. The molecule has 1 aromatic heterocycles. The van der Waals surface area contributed by atoms with Gasteiger partial charge in [0.2, 0.25) is 11.8 Å². The van der Waals surface area contributed by atoms with Crippen LogP contribution in [0.5, 0.6) is 0 Å². The van der Waals surface area contributed by atoms with Gasteiger partial charge in [0.25, 0.3) is 0 Å². The van der Waals surface area contributed by atoms with Crippen LogP contribution in [0.15, 0.2) is 54.7 Å². The Morgan fingerprint density at radius 2 is 1.86 bits per heavy atom. The van der Waals surface area contributed by atoms with E-state index in [4.69, 9.17) is 4.74 Å². The summed E-state index contributed by atoms with van der Waals surface area (Å²) < 4.78 is 20.6. The summed E-state index contributed by atoms with van der Waals surface area (Å²) in [6.07, 6.45) is 0.169. The average Bonchev–Trinajstić information content (AvgIpc) is 3.43. The van der Waals surface area contributed by atoms with Gasteiger partial charge in [-0.1, -0.05) is 30.3 Å². The SMILES string of the molecule is COC(=O)c1ccc2c(c1)c(C(C)=O)cn2CC(=O)N1C[C@H](F)C[C@H]1C(=O)NCc1ccccc1. The number of nitrogens with zero attached hydrogens (tertiary/aromatic N) is 2. The Labute approximate surface area is 201 Å². The van der Waals surface area contributed by atoms with Crippen molar-refractivity contribution < 1.29 is 28.3 Å². The number of alkyl halides is 1. The van der Waals surface area contributed by atoms with Gasteiger partial charge >= 0.3 is 5.97 Å². The minimum atomic E-state index is -1.30. The molecule has 182 valence electrons. The van der Waals surface area contributed by atoms with Crippen molar-refractivity contribution in [2.24, 2.45) is 0 Å². The number of carbonyl (C=O) groups excluding carboxylic acids is 4. The summed E-state index contributed by atoms with van der Waals surface area (Å²) in [6, 6.07) is 13.1. The van der Waals surface area contributed by atoms with Gasteiger partial charge in [0.15, 0.2) is 5.78 Å². The molecule has 0 radical (unpaired) electrons. The number of ether oxygens (including phenoxy) is 1. The first-order chi connectivity index (χ1) is 16.8. The summed E-state index contributed by atoms with van der Waals surface area (Å²) in [5.41, 5.74) is 2.09. The molecule has 2 amide bonds. The fraction of sp³-hybridized carbons (Fsp3) is 0.308. The van der Waals surface area contributed by atoms with Crippen molar-refractivity contribution in [3.8, 4) is 0 Å². The van der Waals surface area contributed by atoms with Gasteiger partial charge in [-0.05, 0) is 30.7 Å². The van der Waals surface area contributed by atoms with E-state index in [2.05, 4.69) is 5.32 Å². The lowest BCUT2D eigenvalue weighted by molar-refractivity contribution is -0.139. The van der Waals surface area contributed by atoms with E-state index < -0.39 is 30.0 Å². The molecule has 1 aliphatic heterocycles. The van der Waals surface area contributed by atoms with E-state index in [9.17, 15) is 23.6 Å². The molecule has 0 bridgehead atoms. The van der Waals surface area contributed by atoms with Gasteiger partial charge in [-0.15, -0.1) is 0 Å². The van der Waals surface area contributed by atoms with Gasteiger partial charge < -0.3 is 19.5 Å². The van der Waals surface area contributed by atoms with Crippen LogP contribution in [0, 0.1) is 0 Å². The molecule has 3 aromatic rings. The second kappa shape index (κ2) is 10.1. The lowest BCUT2D eigenvalue weighted by Crippen LogP contribution is -2.46. The number of benzene rings is 2. The predicted octanol–water partition coefficient (Wildman–Crippen LogP) is 2.89. The van der Waals surface area contributed by atoms with Crippen molar-refractivity contribution in [2.75, 3.05) is 13.7 Å². The van der Waals surface area contributed by atoms with E-state index in [0.29, 0.717) is 16.5 Å². The van der Waals surface area contributed by atoms with E-state index >= 15 is 0 Å². The fourth-order valence-electron chi connectivity index (χ4n) is 4.40. The van der Waals surface area contributed by atoms with E-state index in [0.717, 1.165) is 5.56 Å². The molecule has 1 aliphatic rings. The normalized spacial score (nSPS) is 17.4. The molecule has 9 heteroatoms. The van der Waals surface area contributed by atoms with Crippen molar-refractivity contribution >= 4 is 34.5 Å². The molecule has 2 atom stereocenters. The largest absolute Gasteiger partial charge is 0.465 e. The molecule has 4 rings (SSSR count). The zero-order valence-corrected chi connectivity index (χ0v) is 19.5. The Morgan fingerprint density at radius 1 is 1.11 bits per heavy atom. The fourth-order valence-corrected chi connectivity index (χ4v) is 4.40. The number of carbonyl (C=O) groups is 4. The maximum atomic E-state index is 14.3. The zero-order chi connectivity index (χ0) is 25.1. The number of fused-ring (bicyclic) bond motifs is 1. The number of hydrogen-bond donors (Lipinski definition) is 1. The van der Waals surface area contributed by atoms with Crippen molar-refractivity contribution in [1.82, 2.24) is 14.8 Å². The Balaban J connectivity index is 1.54. The topological polar surface area (TPSA) is 97.7 Å². The summed E-state index contributed by atoms with van der Waals surface area (Å²) in [4.78, 5) is 51.4. The van der Waals surface area contributed by atoms with Crippen LogP contribution in [0.4, 0.5) is 4.39 Å². The van der Waals surface area contributed by atoms with Crippen molar-refractivity contribution in [1.29, 1.82) is 0 Å². The summed E-state index contributed by atoms with van der Waals surface area (Å²) in [5.74, 6) is -1.62. The van der Waals surface area contributed by atoms with Gasteiger partial charge in [-0.2, -0.15) is 0 Å². The number of amides is 2. The summed E-state index contributed by atoms with van der Waals surface area (Å²) in [7, 11) is 1.27. The first-order valence-electron chi connectivity index (χ1n) is 11.3. The Bertz CT molecular complexity index is 1290. The highest BCUT2D eigenvalue weighted by Crippen LogP contribution is 2.26. The highest BCUT2D eigenvalue weighted by atomic mass is 19.1. The first-order valence-corrected chi connectivity index (χ1v) is 11.3. The van der Waals surface area contributed by atoms with Crippen LogP contribution in [0.2, 0.25) is 0 Å². The number of methoxy groups -OCH3 is 1. The van der Waals surface area contributed by atoms with Gasteiger partial charge in [-0.25, -0.2) is 9.18 Å². The summed E-state index contributed by atoms with van der Waals surface area (Å²) in [5, 5.41) is 3.30. The molecule has 2 aromatic carbocycles. The molecule has 1 fully saturated rings. The van der Waals surface area contributed by atoms with Crippen LogP contribution in [-0.2, 0) is 27.4 Å². The van der Waals surface area contributed by atoms with E-state index in [1.54, 1.807) is 29.0 Å². The molecule has 8 nitrogen and oxygen atoms in total. The first kappa shape index (κ1) is 24.1. The molecule has 0 unspecified atom stereocenters. The van der Waals surface area contributed by atoms with Gasteiger partial charge in [0.05, 0.1) is 19.2 Å². The summed E-state index contributed by atoms with van der Waals surface area (Å²) >= 11 is 0. The number of ketones is 1. The van der Waals surface area contributed by atoms with E-state index in [-0.39, 0.29) is 37.4 Å². The van der Waals surface area contributed by atoms with Crippen LogP contribution in [0.25, 0.3) is 10.9 Å². The molecule has 2 heterocycles. The lowest BCUT2D eigenvalue weighted by Gasteiger charge is -2.24. The van der Waals surface area contributed by atoms with E-state index in [1.807, 2.05) is 30.3 Å². The number of halogens is 1. The van der Waals surface area contributed by atoms with Gasteiger partial charge in [0, 0.05) is 35.6 Å². The average molecular weight is 480 g/mol. The molecule has 0 saturated carbocycles. The van der Waals surface area contributed by atoms with Crippen LogP contribution >= 0.6 is 0 Å². The second-order valence-corrected chi connectivity index (χ2v) is 8.55. The number of likely N-dealkylation sites (tertiary alicyclic amines) is 1. The highest BCUT2D eigenvalue weighted by molar-refractivity contribution is 6.09. The number of hydrogen-bond acceptors (Lipinski definition) is 5. The monoisotopic (exact) mass is 479 g/mol. The third-order valence-corrected chi connectivity index (χ3v) is 6.17. The summed E-state index contributed by atoms with van der Waals surface area (Å²) in [6.45, 7) is 1.32. The van der Waals surface area contributed by atoms with Crippen LogP contribution in [0.1, 0.15) is 39.6 Å². The number of rotatable bonds is 7. The molecule has 35 heavy (non-hydrogen) atoms. The van der Waals surface area contributed by atoms with Crippen LogP contribution < -0.4 is 5.32 Å². The van der Waals surface area contributed by atoms with Crippen LogP contribution in [0.3, 0.4) is 0 Å². The van der Waals surface area contributed by atoms with Crippen molar-refractivity contribution in [2.45, 2.75) is 38.6 Å². The van der Waals surface area contributed by atoms with E-state index in [1.165, 1.54) is 18.9 Å². The Kier molecular flexibility index (Phi) is 6.95. The number of aromatic nitrogens is 1. The van der Waals surface area contributed by atoms with Gasteiger partial charge in [-0.3, -0.25) is 14.4 Å². The molecule has 1 saturated heterocycles. The lowest BCUT2D eigenvalue weighted by atomic mass is 10.1. The predicted molar refractivity (Wildman–Crippen MR) is 127 cm³/mol. The highest BCUT2D eigenvalue weighted by Gasteiger charge is 2.39. The second-order valence-electron chi connectivity index (χ2n) is 8.55. The quantitative estimate of drug-likeness (QED) is 0.415. The Morgan fingerprint density at radius 3 is 2.54 bits per heavy atom.